The standard InChI is InChI=1S/C20H36O2Si/c1-14-12-13-15-17(22-23(7,8)19(2,3)4)11-9-10-16(18(14)21)20(15,5)6/h12-13,15-17,21H,9-11H2,1-8H3/t15-,16-,17-/m0/s1. The first-order valence-electron chi connectivity index (χ1n) is 9.13. The SMILES string of the molecule is CC1=C(O)[C@@H]2CCC[C@H](O[Si](C)(C)C(C)(C)C)[C@H](C=C1)C2(C)C. The third-order valence-corrected chi connectivity index (χ3v) is 11.2. The van der Waals surface area contributed by atoms with E-state index in [1.807, 2.05) is 6.92 Å². The van der Waals surface area contributed by atoms with Crippen LogP contribution in [-0.2, 0) is 4.43 Å². The predicted molar refractivity (Wildman–Crippen MR) is 101 cm³/mol. The maximum absolute atomic E-state index is 10.7. The van der Waals surface area contributed by atoms with Crippen LogP contribution in [-0.4, -0.2) is 19.5 Å². The van der Waals surface area contributed by atoms with Gasteiger partial charge in [-0.05, 0) is 48.9 Å². The van der Waals surface area contributed by atoms with Crippen molar-refractivity contribution in [2.45, 2.75) is 85.0 Å². The largest absolute Gasteiger partial charge is 0.512 e. The van der Waals surface area contributed by atoms with Gasteiger partial charge in [0.05, 0.1) is 11.9 Å². The van der Waals surface area contributed by atoms with Crippen LogP contribution in [0.2, 0.25) is 18.1 Å². The lowest BCUT2D eigenvalue weighted by atomic mass is 9.67. The molecule has 0 aromatic heterocycles. The summed E-state index contributed by atoms with van der Waals surface area (Å²) in [6.07, 6.45) is 8.00. The average Bonchev–Trinajstić information content (AvgIpc) is 2.55. The summed E-state index contributed by atoms with van der Waals surface area (Å²) in [4.78, 5) is 0. The molecule has 1 saturated carbocycles. The molecule has 0 heterocycles. The van der Waals surface area contributed by atoms with E-state index in [9.17, 15) is 5.11 Å². The number of allylic oxidation sites excluding steroid dienone is 3. The monoisotopic (exact) mass is 336 g/mol. The summed E-state index contributed by atoms with van der Waals surface area (Å²) in [5.74, 6) is 1.21. The van der Waals surface area contributed by atoms with Crippen molar-refractivity contribution in [2.75, 3.05) is 0 Å². The van der Waals surface area contributed by atoms with E-state index in [1.54, 1.807) is 0 Å². The molecular formula is C20H36O2Si. The highest BCUT2D eigenvalue weighted by atomic mass is 28.4. The Morgan fingerprint density at radius 3 is 2.39 bits per heavy atom. The molecule has 2 rings (SSSR count). The molecular weight excluding hydrogens is 300 g/mol. The van der Waals surface area contributed by atoms with E-state index in [1.165, 1.54) is 0 Å². The van der Waals surface area contributed by atoms with Crippen molar-refractivity contribution < 1.29 is 9.53 Å². The van der Waals surface area contributed by atoms with Crippen molar-refractivity contribution in [1.82, 2.24) is 0 Å². The van der Waals surface area contributed by atoms with Gasteiger partial charge in [0.1, 0.15) is 0 Å². The maximum Gasteiger partial charge on any atom is 0.192 e. The topological polar surface area (TPSA) is 29.5 Å². The molecule has 1 fully saturated rings. The number of fused-ring (bicyclic) bond motifs is 2. The summed E-state index contributed by atoms with van der Waals surface area (Å²) >= 11 is 0. The molecule has 3 atom stereocenters. The van der Waals surface area contributed by atoms with E-state index < -0.39 is 8.32 Å². The highest BCUT2D eigenvalue weighted by Gasteiger charge is 2.48. The summed E-state index contributed by atoms with van der Waals surface area (Å²) in [5.41, 5.74) is 1.06. The second-order valence-electron chi connectivity index (χ2n) is 9.67. The molecule has 0 unspecified atom stereocenters. The number of aliphatic hydroxyl groups excluding tert-OH is 1. The lowest BCUT2D eigenvalue weighted by Gasteiger charge is -2.45. The van der Waals surface area contributed by atoms with E-state index in [0.717, 1.165) is 24.8 Å². The van der Waals surface area contributed by atoms with Crippen LogP contribution in [0, 0.1) is 17.3 Å². The van der Waals surface area contributed by atoms with Gasteiger partial charge in [-0.3, -0.25) is 0 Å². The summed E-state index contributed by atoms with van der Waals surface area (Å²) in [7, 11) is -1.79. The fraction of sp³-hybridized carbons (Fsp3) is 0.800. The highest BCUT2D eigenvalue weighted by molar-refractivity contribution is 6.74. The van der Waals surface area contributed by atoms with Gasteiger partial charge in [0, 0.05) is 11.8 Å². The molecule has 0 aromatic rings. The summed E-state index contributed by atoms with van der Waals surface area (Å²) in [6.45, 7) is 18.3. The van der Waals surface area contributed by atoms with Crippen molar-refractivity contribution in [1.29, 1.82) is 0 Å². The van der Waals surface area contributed by atoms with E-state index in [4.69, 9.17) is 4.43 Å². The van der Waals surface area contributed by atoms with Crippen LogP contribution in [0.3, 0.4) is 0 Å². The third-order valence-electron chi connectivity index (χ3n) is 6.68. The predicted octanol–water partition coefficient (Wildman–Crippen LogP) is 6.22. The Labute approximate surface area is 144 Å². The maximum atomic E-state index is 10.7. The Morgan fingerprint density at radius 2 is 1.83 bits per heavy atom. The smallest absolute Gasteiger partial charge is 0.192 e. The van der Waals surface area contributed by atoms with Gasteiger partial charge >= 0.3 is 0 Å². The molecule has 3 heteroatoms. The van der Waals surface area contributed by atoms with E-state index in [-0.39, 0.29) is 22.5 Å². The molecule has 0 saturated heterocycles. The summed E-state index contributed by atoms with van der Waals surface area (Å²) in [6, 6.07) is 0. The zero-order valence-electron chi connectivity index (χ0n) is 16.4. The van der Waals surface area contributed by atoms with Gasteiger partial charge in [-0.25, -0.2) is 0 Å². The van der Waals surface area contributed by atoms with Crippen LogP contribution in [0.1, 0.15) is 60.8 Å². The Morgan fingerprint density at radius 1 is 1.22 bits per heavy atom. The zero-order chi connectivity index (χ0) is 17.6. The van der Waals surface area contributed by atoms with E-state index >= 15 is 0 Å². The minimum absolute atomic E-state index is 0.0296. The lowest BCUT2D eigenvalue weighted by molar-refractivity contribution is 0.0488. The summed E-state index contributed by atoms with van der Waals surface area (Å²) in [5, 5.41) is 10.9. The first-order chi connectivity index (χ1) is 10.4. The van der Waals surface area contributed by atoms with Gasteiger partial charge in [0.2, 0.25) is 0 Å². The first kappa shape index (κ1) is 18.8. The second-order valence-corrected chi connectivity index (χ2v) is 14.4. The van der Waals surface area contributed by atoms with Crippen LogP contribution >= 0.6 is 0 Å². The Bertz CT molecular complexity index is 508. The fourth-order valence-electron chi connectivity index (χ4n) is 3.94. The molecule has 0 aromatic carbocycles. The van der Waals surface area contributed by atoms with Crippen LogP contribution in [0.4, 0.5) is 0 Å². The van der Waals surface area contributed by atoms with Crippen molar-refractivity contribution >= 4 is 8.32 Å². The zero-order valence-corrected chi connectivity index (χ0v) is 17.4. The Kier molecular flexibility index (Phi) is 4.96. The molecule has 0 spiro atoms. The number of rotatable bonds is 2. The molecule has 2 nitrogen and oxygen atoms in total. The quantitative estimate of drug-likeness (QED) is 0.606. The average molecular weight is 337 g/mol. The van der Waals surface area contributed by atoms with Gasteiger partial charge in [-0.15, -0.1) is 0 Å². The van der Waals surface area contributed by atoms with Crippen LogP contribution in [0.25, 0.3) is 0 Å². The van der Waals surface area contributed by atoms with Gasteiger partial charge in [0.15, 0.2) is 8.32 Å². The summed E-state index contributed by atoms with van der Waals surface area (Å²) < 4.78 is 6.86. The number of hydrogen-bond donors (Lipinski definition) is 1. The minimum atomic E-state index is -1.79. The first-order valence-corrected chi connectivity index (χ1v) is 12.0. The molecule has 23 heavy (non-hydrogen) atoms. The molecule has 0 amide bonds. The lowest BCUT2D eigenvalue weighted by Crippen LogP contribution is -2.48. The molecule has 0 aliphatic heterocycles. The molecule has 2 bridgehead atoms. The van der Waals surface area contributed by atoms with Crippen LogP contribution < -0.4 is 0 Å². The Hall–Kier alpha value is -0.543. The molecule has 0 radical (unpaired) electrons. The van der Waals surface area contributed by atoms with Gasteiger partial charge in [0.25, 0.3) is 0 Å². The molecule has 2 aliphatic carbocycles. The van der Waals surface area contributed by atoms with Crippen molar-refractivity contribution in [3.63, 3.8) is 0 Å². The number of hydrogen-bond acceptors (Lipinski definition) is 2. The normalized spacial score (nSPS) is 31.7. The number of aliphatic hydroxyl groups is 1. The highest BCUT2D eigenvalue weighted by Crippen LogP contribution is 2.51. The third kappa shape index (κ3) is 3.46. The van der Waals surface area contributed by atoms with Crippen molar-refractivity contribution in [2.24, 2.45) is 17.3 Å². The van der Waals surface area contributed by atoms with Crippen LogP contribution in [0.5, 0.6) is 0 Å². The van der Waals surface area contributed by atoms with E-state index in [0.29, 0.717) is 11.7 Å². The van der Waals surface area contributed by atoms with Gasteiger partial charge in [-0.2, -0.15) is 0 Å². The van der Waals surface area contributed by atoms with E-state index in [2.05, 4.69) is 59.9 Å². The van der Waals surface area contributed by atoms with Gasteiger partial charge < -0.3 is 9.53 Å². The molecule has 2 aliphatic rings. The van der Waals surface area contributed by atoms with Crippen molar-refractivity contribution in [3.05, 3.63) is 23.5 Å². The van der Waals surface area contributed by atoms with Gasteiger partial charge in [-0.1, -0.05) is 53.2 Å². The minimum Gasteiger partial charge on any atom is -0.512 e. The van der Waals surface area contributed by atoms with Crippen molar-refractivity contribution in [3.8, 4) is 0 Å². The van der Waals surface area contributed by atoms with Crippen LogP contribution in [0.15, 0.2) is 23.5 Å². The Balaban J connectivity index is 2.37. The molecule has 132 valence electrons. The molecule has 1 N–H and O–H groups in total. The second kappa shape index (κ2) is 6.07. The fourth-order valence-corrected chi connectivity index (χ4v) is 5.32.